The fourth-order valence-electron chi connectivity index (χ4n) is 2.92. The van der Waals surface area contributed by atoms with Gasteiger partial charge in [0.15, 0.2) is 0 Å². The molecule has 0 radical (unpaired) electrons. The van der Waals surface area contributed by atoms with Crippen molar-refractivity contribution in [3.63, 3.8) is 0 Å². The van der Waals surface area contributed by atoms with Gasteiger partial charge in [0.05, 0.1) is 7.11 Å². The van der Waals surface area contributed by atoms with Crippen molar-refractivity contribution in [3.8, 4) is 17.0 Å². The lowest BCUT2D eigenvalue weighted by Gasteiger charge is -2.11. The Hall–Kier alpha value is -2.75. The Labute approximate surface area is 134 Å². The third-order valence-corrected chi connectivity index (χ3v) is 4.14. The van der Waals surface area contributed by atoms with Crippen LogP contribution in [0.2, 0.25) is 0 Å². The molecule has 23 heavy (non-hydrogen) atoms. The van der Waals surface area contributed by atoms with E-state index < -0.39 is 5.97 Å². The molecular formula is C19H19NO3. The number of para-hydroxylation sites is 1. The normalized spacial score (nSPS) is 10.9. The highest BCUT2D eigenvalue weighted by atomic mass is 16.5. The number of benzene rings is 2. The van der Waals surface area contributed by atoms with E-state index in [1.807, 2.05) is 37.4 Å². The molecule has 0 unspecified atom stereocenters. The summed E-state index contributed by atoms with van der Waals surface area (Å²) < 4.78 is 7.61. The van der Waals surface area contributed by atoms with E-state index >= 15 is 0 Å². The van der Waals surface area contributed by atoms with Crippen molar-refractivity contribution in [1.82, 2.24) is 4.57 Å². The molecule has 0 saturated carbocycles. The van der Waals surface area contributed by atoms with Crippen molar-refractivity contribution in [2.45, 2.75) is 12.8 Å². The van der Waals surface area contributed by atoms with E-state index in [-0.39, 0.29) is 6.42 Å². The third kappa shape index (κ3) is 2.93. The lowest BCUT2D eigenvalue weighted by atomic mass is 10.0. The Balaban J connectivity index is 2.02. The van der Waals surface area contributed by atoms with Crippen LogP contribution in [0.1, 0.15) is 12.0 Å². The van der Waals surface area contributed by atoms with E-state index in [4.69, 9.17) is 9.84 Å². The number of fused-ring (bicyclic) bond motifs is 1. The van der Waals surface area contributed by atoms with Gasteiger partial charge in [-0.15, -0.1) is 0 Å². The van der Waals surface area contributed by atoms with Crippen LogP contribution in [0.5, 0.6) is 5.75 Å². The van der Waals surface area contributed by atoms with Crippen LogP contribution in [-0.4, -0.2) is 22.8 Å². The van der Waals surface area contributed by atoms with E-state index in [9.17, 15) is 4.79 Å². The van der Waals surface area contributed by atoms with Gasteiger partial charge in [0.2, 0.25) is 0 Å². The summed E-state index contributed by atoms with van der Waals surface area (Å²) in [5, 5.41) is 10.0. The highest BCUT2D eigenvalue weighted by Crippen LogP contribution is 2.31. The number of hydrogen-bond acceptors (Lipinski definition) is 2. The SMILES string of the molecule is COc1cc(-c2cc3ccccc3n2C)ccc1CCC(=O)O. The summed E-state index contributed by atoms with van der Waals surface area (Å²) in [6.45, 7) is 0. The molecule has 0 aliphatic heterocycles. The van der Waals surface area contributed by atoms with Gasteiger partial charge < -0.3 is 14.4 Å². The first-order chi connectivity index (χ1) is 11.1. The summed E-state index contributed by atoms with van der Waals surface area (Å²) in [7, 11) is 3.66. The molecule has 0 spiro atoms. The fraction of sp³-hybridized carbons (Fsp3) is 0.211. The molecule has 2 aromatic carbocycles. The number of carbonyl (C=O) groups is 1. The van der Waals surface area contributed by atoms with Gasteiger partial charge in [-0.1, -0.05) is 30.3 Å². The number of carboxylic acid groups (broad SMARTS) is 1. The predicted molar refractivity (Wildman–Crippen MR) is 90.9 cm³/mol. The molecule has 0 bridgehead atoms. The van der Waals surface area contributed by atoms with Crippen molar-refractivity contribution >= 4 is 16.9 Å². The van der Waals surface area contributed by atoms with Gasteiger partial charge in [0.1, 0.15) is 5.75 Å². The first-order valence-corrected chi connectivity index (χ1v) is 7.53. The number of ether oxygens (including phenoxy) is 1. The molecule has 0 amide bonds. The second-order valence-electron chi connectivity index (χ2n) is 5.57. The van der Waals surface area contributed by atoms with Crippen LogP contribution in [0.25, 0.3) is 22.2 Å². The summed E-state index contributed by atoms with van der Waals surface area (Å²) in [6.07, 6.45) is 0.567. The number of aliphatic carboxylic acids is 1. The molecular weight excluding hydrogens is 290 g/mol. The average molecular weight is 309 g/mol. The van der Waals surface area contributed by atoms with Crippen molar-refractivity contribution < 1.29 is 14.6 Å². The summed E-state index contributed by atoms with van der Waals surface area (Å²) in [4.78, 5) is 10.8. The van der Waals surface area contributed by atoms with E-state index in [1.54, 1.807) is 7.11 Å². The second kappa shape index (κ2) is 6.16. The summed E-state index contributed by atoms with van der Waals surface area (Å²) in [5.41, 5.74) is 4.25. The molecule has 0 fully saturated rings. The van der Waals surface area contributed by atoms with Gasteiger partial charge in [-0.3, -0.25) is 4.79 Å². The zero-order chi connectivity index (χ0) is 16.4. The second-order valence-corrected chi connectivity index (χ2v) is 5.57. The lowest BCUT2D eigenvalue weighted by Crippen LogP contribution is -2.00. The monoisotopic (exact) mass is 309 g/mol. The van der Waals surface area contributed by atoms with Crippen LogP contribution in [-0.2, 0) is 18.3 Å². The quantitative estimate of drug-likeness (QED) is 0.778. The van der Waals surface area contributed by atoms with Crippen molar-refractivity contribution in [1.29, 1.82) is 0 Å². The molecule has 4 nitrogen and oxygen atoms in total. The van der Waals surface area contributed by atoms with E-state index in [2.05, 4.69) is 22.8 Å². The zero-order valence-electron chi connectivity index (χ0n) is 13.2. The minimum absolute atomic E-state index is 0.101. The molecule has 0 aliphatic rings. The van der Waals surface area contributed by atoms with E-state index in [0.717, 1.165) is 22.6 Å². The van der Waals surface area contributed by atoms with Gasteiger partial charge in [0, 0.05) is 35.6 Å². The number of carboxylic acids is 1. The standard InChI is InChI=1S/C19H19NO3/c1-20-16-6-4-3-5-14(16)11-17(20)15-8-7-13(9-10-19(21)22)18(12-15)23-2/h3-8,11-12H,9-10H2,1-2H3,(H,21,22). The zero-order valence-corrected chi connectivity index (χ0v) is 13.2. The molecule has 4 heteroatoms. The van der Waals surface area contributed by atoms with Gasteiger partial charge in [-0.2, -0.15) is 0 Å². The highest BCUT2D eigenvalue weighted by molar-refractivity contribution is 5.87. The number of methoxy groups -OCH3 is 1. The largest absolute Gasteiger partial charge is 0.496 e. The molecule has 3 rings (SSSR count). The van der Waals surface area contributed by atoms with Gasteiger partial charge >= 0.3 is 5.97 Å². The molecule has 1 aromatic heterocycles. The molecule has 0 saturated heterocycles. The summed E-state index contributed by atoms with van der Waals surface area (Å²) in [6, 6.07) is 16.4. The first-order valence-electron chi connectivity index (χ1n) is 7.53. The van der Waals surface area contributed by atoms with E-state index in [0.29, 0.717) is 6.42 Å². The summed E-state index contributed by atoms with van der Waals surface area (Å²) >= 11 is 0. The maximum absolute atomic E-state index is 10.8. The Bertz CT molecular complexity index is 864. The Morgan fingerprint density at radius 3 is 2.65 bits per heavy atom. The van der Waals surface area contributed by atoms with Crippen LogP contribution in [0.15, 0.2) is 48.5 Å². The Morgan fingerprint density at radius 1 is 1.17 bits per heavy atom. The molecule has 3 aromatic rings. The van der Waals surface area contributed by atoms with Crippen molar-refractivity contribution in [2.75, 3.05) is 7.11 Å². The molecule has 1 heterocycles. The number of aryl methyl sites for hydroxylation is 2. The molecule has 118 valence electrons. The average Bonchev–Trinajstić information content (AvgIpc) is 2.90. The minimum Gasteiger partial charge on any atom is -0.496 e. The number of nitrogens with zero attached hydrogens (tertiary/aromatic N) is 1. The van der Waals surface area contributed by atoms with Crippen molar-refractivity contribution in [2.24, 2.45) is 7.05 Å². The maximum atomic E-state index is 10.8. The van der Waals surface area contributed by atoms with Crippen LogP contribution >= 0.6 is 0 Å². The van der Waals surface area contributed by atoms with Crippen molar-refractivity contribution in [3.05, 3.63) is 54.1 Å². The van der Waals surface area contributed by atoms with E-state index in [1.165, 1.54) is 10.9 Å². The predicted octanol–water partition coefficient (Wildman–Crippen LogP) is 3.87. The topological polar surface area (TPSA) is 51.5 Å². The molecule has 0 atom stereocenters. The first kappa shape index (κ1) is 15.2. The number of hydrogen-bond donors (Lipinski definition) is 1. The summed E-state index contributed by atoms with van der Waals surface area (Å²) in [5.74, 6) is -0.0705. The van der Waals surface area contributed by atoms with Crippen LogP contribution in [0, 0.1) is 0 Å². The highest BCUT2D eigenvalue weighted by Gasteiger charge is 2.11. The van der Waals surface area contributed by atoms with Crippen LogP contribution in [0.3, 0.4) is 0 Å². The number of rotatable bonds is 5. The Kier molecular flexibility index (Phi) is 4.06. The maximum Gasteiger partial charge on any atom is 0.303 e. The molecule has 0 aliphatic carbocycles. The lowest BCUT2D eigenvalue weighted by molar-refractivity contribution is -0.136. The van der Waals surface area contributed by atoms with Gasteiger partial charge in [0.25, 0.3) is 0 Å². The van der Waals surface area contributed by atoms with Gasteiger partial charge in [-0.05, 0) is 30.2 Å². The van der Waals surface area contributed by atoms with Crippen LogP contribution in [0.4, 0.5) is 0 Å². The minimum atomic E-state index is -0.801. The molecule has 1 N–H and O–H groups in total. The fourth-order valence-corrected chi connectivity index (χ4v) is 2.92. The number of aromatic nitrogens is 1. The smallest absolute Gasteiger partial charge is 0.303 e. The third-order valence-electron chi connectivity index (χ3n) is 4.14. The van der Waals surface area contributed by atoms with Crippen LogP contribution < -0.4 is 4.74 Å². The van der Waals surface area contributed by atoms with Gasteiger partial charge in [-0.25, -0.2) is 0 Å². The Morgan fingerprint density at radius 2 is 1.96 bits per heavy atom.